The second-order valence-corrected chi connectivity index (χ2v) is 10.1. The summed E-state index contributed by atoms with van der Waals surface area (Å²) in [6.07, 6.45) is -2.09. The number of alkyl halides is 3. The first-order valence-electron chi connectivity index (χ1n) is 12.4. The fraction of sp³-hybridized carbons (Fsp3) is 0.222. The Labute approximate surface area is 237 Å². The molecule has 0 fully saturated rings. The topological polar surface area (TPSA) is 171 Å². The summed E-state index contributed by atoms with van der Waals surface area (Å²) < 4.78 is 51.8. The lowest BCUT2D eigenvalue weighted by Crippen LogP contribution is -2.24. The molecule has 42 heavy (non-hydrogen) atoms. The lowest BCUT2D eigenvalue weighted by Gasteiger charge is -2.28. The Kier molecular flexibility index (Phi) is 8.22. The van der Waals surface area contributed by atoms with Crippen molar-refractivity contribution in [1.29, 1.82) is 0 Å². The minimum absolute atomic E-state index is 0.0431. The van der Waals surface area contributed by atoms with Crippen molar-refractivity contribution < 1.29 is 32.2 Å². The molecule has 3 amide bonds. The summed E-state index contributed by atoms with van der Waals surface area (Å²) in [6, 6.07) is 10.4. The number of ether oxygens (including phenoxy) is 2. The molecule has 0 saturated carbocycles. The highest BCUT2D eigenvalue weighted by molar-refractivity contribution is 5.89. The van der Waals surface area contributed by atoms with Crippen molar-refractivity contribution in [3.05, 3.63) is 89.6 Å². The molecule has 1 aliphatic rings. The first kappa shape index (κ1) is 29.6. The van der Waals surface area contributed by atoms with Gasteiger partial charge in [-0.05, 0) is 59.0 Å². The molecule has 4 rings (SSSR count). The molecule has 1 atom stereocenters. The number of nitrogens with one attached hydrogen (secondary N) is 2. The summed E-state index contributed by atoms with van der Waals surface area (Å²) in [5, 5.41) is 10.4. The predicted octanol–water partition coefficient (Wildman–Crippen LogP) is 6.00. The van der Waals surface area contributed by atoms with E-state index in [1.807, 2.05) is 20.8 Å². The number of aromatic nitrogens is 2. The van der Waals surface area contributed by atoms with Crippen molar-refractivity contribution in [3.8, 4) is 11.6 Å². The summed E-state index contributed by atoms with van der Waals surface area (Å²) in [5.74, 6) is -0.102. The van der Waals surface area contributed by atoms with Gasteiger partial charge >= 0.3 is 18.3 Å². The lowest BCUT2D eigenvalue weighted by molar-refractivity contribution is -0.137. The number of urea groups is 1. The zero-order valence-corrected chi connectivity index (χ0v) is 22.6. The van der Waals surface area contributed by atoms with Crippen LogP contribution in [0.25, 0.3) is 5.69 Å². The van der Waals surface area contributed by atoms with Crippen LogP contribution in [0.15, 0.2) is 88.8 Å². The van der Waals surface area contributed by atoms with E-state index < -0.39 is 30.0 Å². The molecule has 3 aromatic rings. The number of nitrogen functional groups attached to an aromatic ring is 1. The van der Waals surface area contributed by atoms with Crippen molar-refractivity contribution in [2.24, 2.45) is 21.5 Å². The van der Waals surface area contributed by atoms with E-state index in [-0.39, 0.29) is 28.4 Å². The van der Waals surface area contributed by atoms with E-state index in [2.05, 4.69) is 26.1 Å². The summed E-state index contributed by atoms with van der Waals surface area (Å²) in [6.45, 7) is 5.80. The maximum atomic E-state index is 13.3. The highest BCUT2D eigenvalue weighted by Crippen LogP contribution is 2.39. The van der Waals surface area contributed by atoms with Gasteiger partial charge in [0.1, 0.15) is 12.0 Å². The maximum Gasteiger partial charge on any atom is 0.416 e. The molecule has 0 saturated heterocycles. The van der Waals surface area contributed by atoms with Crippen LogP contribution >= 0.6 is 0 Å². The molecule has 1 aromatic heterocycles. The second kappa shape index (κ2) is 11.6. The summed E-state index contributed by atoms with van der Waals surface area (Å²) in [7, 11) is 0. The third kappa shape index (κ3) is 7.04. The SMILES string of the molecule is CC(C)(C)C1=COC(c2cccc(C(F)(F)F)c2)C(N=NNC(=O)Nc2ccc(-n3cnc(OC(N)=O)c3N)cc2)=C1. The Bertz CT molecular complexity index is 1570. The van der Waals surface area contributed by atoms with Gasteiger partial charge < -0.3 is 26.3 Å². The molecule has 2 aromatic carbocycles. The number of anilines is 2. The van der Waals surface area contributed by atoms with Crippen LogP contribution in [0.1, 0.15) is 38.0 Å². The maximum absolute atomic E-state index is 13.3. The van der Waals surface area contributed by atoms with Gasteiger partial charge in [0.05, 0.1) is 11.8 Å². The average Bonchev–Trinajstić information content (AvgIpc) is 3.27. The van der Waals surface area contributed by atoms with Crippen molar-refractivity contribution >= 4 is 23.6 Å². The fourth-order valence-corrected chi connectivity index (χ4v) is 3.80. The molecule has 0 bridgehead atoms. The third-order valence-corrected chi connectivity index (χ3v) is 5.97. The van der Waals surface area contributed by atoms with E-state index in [0.717, 1.165) is 17.7 Å². The Morgan fingerprint density at radius 1 is 1.12 bits per heavy atom. The first-order valence-corrected chi connectivity index (χ1v) is 12.4. The smallest absolute Gasteiger partial charge is 0.416 e. The van der Waals surface area contributed by atoms with Gasteiger partial charge in [-0.25, -0.2) is 15.0 Å². The Morgan fingerprint density at radius 2 is 1.83 bits per heavy atom. The quantitative estimate of drug-likeness (QED) is 0.204. The van der Waals surface area contributed by atoms with Crippen molar-refractivity contribution in [2.75, 3.05) is 11.1 Å². The monoisotopic (exact) mass is 584 g/mol. The molecule has 1 unspecified atom stereocenters. The minimum atomic E-state index is -4.53. The lowest BCUT2D eigenvalue weighted by atomic mass is 9.85. The number of benzene rings is 2. The van der Waals surface area contributed by atoms with Crippen LogP contribution in [0.5, 0.6) is 5.88 Å². The number of primary amides is 1. The van der Waals surface area contributed by atoms with Crippen LogP contribution in [0, 0.1) is 5.41 Å². The number of nitrogens with two attached hydrogens (primary N) is 2. The van der Waals surface area contributed by atoms with E-state index in [4.69, 9.17) is 20.9 Å². The normalized spacial score (nSPS) is 15.4. The van der Waals surface area contributed by atoms with Crippen LogP contribution in [-0.4, -0.2) is 21.7 Å². The van der Waals surface area contributed by atoms with Crippen LogP contribution < -0.4 is 26.9 Å². The average molecular weight is 585 g/mol. The van der Waals surface area contributed by atoms with Gasteiger partial charge in [0.15, 0.2) is 11.9 Å². The number of carbonyl (C=O) groups is 2. The zero-order valence-electron chi connectivity index (χ0n) is 22.6. The molecule has 220 valence electrons. The predicted molar refractivity (Wildman–Crippen MR) is 146 cm³/mol. The number of rotatable bonds is 6. The summed E-state index contributed by atoms with van der Waals surface area (Å²) in [5.41, 5.74) is 14.0. The zero-order chi connectivity index (χ0) is 30.7. The summed E-state index contributed by atoms with van der Waals surface area (Å²) >= 11 is 0. The Hall–Kier alpha value is -5.34. The first-order chi connectivity index (χ1) is 19.7. The molecule has 2 heterocycles. The molecule has 0 aliphatic carbocycles. The molecule has 12 nitrogen and oxygen atoms in total. The molecule has 6 N–H and O–H groups in total. The molecule has 1 aliphatic heterocycles. The standard InChI is InChI=1S/C27H27F3N8O4/c1-26(2,3)17-12-20(21(41-13-17)15-5-4-6-16(11-15)27(28,29)30)35-37-36-25(40)34-18-7-9-19(10-8-18)38-14-33-23(22(38)31)42-24(32)39/h4-14,21H,31H2,1-3H3,(H2,32,39)(H2,34,35,36,40). The van der Waals surface area contributed by atoms with Gasteiger partial charge in [-0.1, -0.05) is 38.1 Å². The number of carbonyl (C=O) groups excluding carboxylic acids is 2. The Morgan fingerprint density at radius 3 is 2.48 bits per heavy atom. The third-order valence-electron chi connectivity index (χ3n) is 5.97. The van der Waals surface area contributed by atoms with Crippen LogP contribution in [-0.2, 0) is 10.9 Å². The van der Waals surface area contributed by atoms with Gasteiger partial charge in [-0.15, -0.1) is 5.11 Å². The van der Waals surface area contributed by atoms with Crippen LogP contribution in [0.2, 0.25) is 0 Å². The molecular formula is C27H27F3N8O4. The number of hydrogen-bond donors (Lipinski definition) is 4. The molecule has 0 radical (unpaired) electrons. The largest absolute Gasteiger partial charge is 0.487 e. The fourth-order valence-electron chi connectivity index (χ4n) is 3.80. The van der Waals surface area contributed by atoms with Crippen molar-refractivity contribution in [1.82, 2.24) is 15.0 Å². The van der Waals surface area contributed by atoms with E-state index in [1.54, 1.807) is 30.3 Å². The highest BCUT2D eigenvalue weighted by Gasteiger charge is 2.33. The number of halogens is 3. The van der Waals surface area contributed by atoms with Gasteiger partial charge in [-0.2, -0.15) is 18.2 Å². The van der Waals surface area contributed by atoms with Crippen LogP contribution in [0.3, 0.4) is 0 Å². The van der Waals surface area contributed by atoms with Gasteiger partial charge in [0, 0.05) is 11.4 Å². The van der Waals surface area contributed by atoms with Crippen LogP contribution in [0.4, 0.5) is 34.3 Å². The number of hydrogen-bond acceptors (Lipinski definition) is 8. The van der Waals surface area contributed by atoms with E-state index in [0.29, 0.717) is 11.4 Å². The van der Waals surface area contributed by atoms with Crippen molar-refractivity contribution in [2.45, 2.75) is 33.1 Å². The number of amides is 3. The second-order valence-electron chi connectivity index (χ2n) is 10.1. The van der Waals surface area contributed by atoms with Gasteiger partial charge in [0.2, 0.25) is 0 Å². The minimum Gasteiger partial charge on any atom is -0.487 e. The molecule has 15 heteroatoms. The van der Waals surface area contributed by atoms with E-state index in [1.165, 1.54) is 29.3 Å². The van der Waals surface area contributed by atoms with E-state index in [9.17, 15) is 22.8 Å². The Balaban J connectivity index is 1.45. The van der Waals surface area contributed by atoms with E-state index >= 15 is 0 Å². The van der Waals surface area contributed by atoms with Gasteiger partial charge in [0.25, 0.3) is 5.88 Å². The molecule has 0 spiro atoms. The highest BCUT2D eigenvalue weighted by atomic mass is 19.4. The number of allylic oxidation sites excluding steroid dienone is 2. The van der Waals surface area contributed by atoms with Gasteiger partial charge in [-0.3, -0.25) is 4.57 Å². The number of nitrogens with zero attached hydrogens (tertiary/aromatic N) is 4. The summed E-state index contributed by atoms with van der Waals surface area (Å²) in [4.78, 5) is 27.3. The number of imidazole rings is 1. The van der Waals surface area contributed by atoms with Crippen molar-refractivity contribution in [3.63, 3.8) is 0 Å². The molecular weight excluding hydrogens is 557 g/mol.